The van der Waals surface area contributed by atoms with Gasteiger partial charge in [0.05, 0.1) is 11.4 Å². The number of hydrogen-bond donors (Lipinski definition) is 2. The first kappa shape index (κ1) is 11.9. The van der Waals surface area contributed by atoms with Gasteiger partial charge < -0.3 is 16.0 Å². The molecule has 1 aromatic carbocycles. The van der Waals surface area contributed by atoms with E-state index in [4.69, 9.17) is 5.73 Å². The van der Waals surface area contributed by atoms with Gasteiger partial charge in [-0.1, -0.05) is 12.1 Å². The molecule has 0 spiro atoms. The fraction of sp³-hybridized carbons (Fsp3) is 0.462. The summed E-state index contributed by atoms with van der Waals surface area (Å²) in [4.78, 5) is 13.8. The van der Waals surface area contributed by atoms with Crippen LogP contribution < -0.4 is 16.0 Å². The van der Waals surface area contributed by atoms with Gasteiger partial charge in [0.1, 0.15) is 0 Å². The van der Waals surface area contributed by atoms with E-state index in [1.54, 1.807) is 0 Å². The first-order chi connectivity index (χ1) is 7.96. The molecule has 17 heavy (non-hydrogen) atoms. The van der Waals surface area contributed by atoms with Gasteiger partial charge >= 0.3 is 0 Å². The highest BCUT2D eigenvalue weighted by Crippen LogP contribution is 2.28. The number of nitrogens with zero attached hydrogens (tertiary/aromatic N) is 1. The summed E-state index contributed by atoms with van der Waals surface area (Å²) in [5.41, 5.74) is 7.71. The number of nitrogens with two attached hydrogens (primary N) is 1. The van der Waals surface area contributed by atoms with Gasteiger partial charge in [-0.15, -0.1) is 0 Å². The van der Waals surface area contributed by atoms with Crippen LogP contribution in [0.3, 0.4) is 0 Å². The predicted octanol–water partition coefficient (Wildman–Crippen LogP) is 1.57. The lowest BCUT2D eigenvalue weighted by atomic mass is 10.1. The van der Waals surface area contributed by atoms with Crippen LogP contribution in [-0.2, 0) is 4.79 Å². The molecule has 4 heteroatoms. The van der Waals surface area contributed by atoms with E-state index >= 15 is 0 Å². The zero-order valence-corrected chi connectivity index (χ0v) is 10.4. The number of para-hydroxylation sites is 2. The highest BCUT2D eigenvalue weighted by atomic mass is 16.1. The van der Waals surface area contributed by atoms with Crippen molar-refractivity contribution in [3.63, 3.8) is 0 Å². The molecule has 0 unspecified atom stereocenters. The maximum atomic E-state index is 11.6. The van der Waals surface area contributed by atoms with Crippen molar-refractivity contribution in [2.45, 2.75) is 25.8 Å². The van der Waals surface area contributed by atoms with Gasteiger partial charge in [0.25, 0.3) is 0 Å². The number of hydrogen-bond acceptors (Lipinski definition) is 3. The molecule has 0 aromatic heterocycles. The summed E-state index contributed by atoms with van der Waals surface area (Å²) in [7, 11) is 0. The summed E-state index contributed by atoms with van der Waals surface area (Å²) < 4.78 is 0. The summed E-state index contributed by atoms with van der Waals surface area (Å²) in [6, 6.07) is 7.85. The van der Waals surface area contributed by atoms with Crippen LogP contribution in [0.1, 0.15) is 20.3 Å². The molecule has 1 amide bonds. The number of anilines is 2. The third-order valence-corrected chi connectivity index (χ3v) is 2.73. The number of benzene rings is 1. The van der Waals surface area contributed by atoms with Crippen molar-refractivity contribution in [1.29, 1.82) is 0 Å². The predicted molar refractivity (Wildman–Crippen MR) is 70.2 cm³/mol. The quantitative estimate of drug-likeness (QED) is 0.815. The van der Waals surface area contributed by atoms with Crippen molar-refractivity contribution in [3.8, 4) is 0 Å². The van der Waals surface area contributed by atoms with Crippen molar-refractivity contribution in [3.05, 3.63) is 24.3 Å². The average molecular weight is 233 g/mol. The average Bonchev–Trinajstić information content (AvgIpc) is 2.37. The molecule has 0 fully saturated rings. The van der Waals surface area contributed by atoms with E-state index in [-0.39, 0.29) is 11.4 Å². The minimum absolute atomic E-state index is 0.0646. The first-order valence-corrected chi connectivity index (χ1v) is 5.88. The van der Waals surface area contributed by atoms with E-state index in [2.05, 4.69) is 10.2 Å². The molecule has 0 atom stereocenters. The maximum Gasteiger partial charge on any atom is 0.226 e. The topological polar surface area (TPSA) is 58.4 Å². The third-order valence-electron chi connectivity index (χ3n) is 2.73. The van der Waals surface area contributed by atoms with Gasteiger partial charge in [-0.2, -0.15) is 0 Å². The second kappa shape index (κ2) is 4.37. The molecule has 1 aromatic rings. The number of nitrogens with one attached hydrogen (secondary N) is 1. The van der Waals surface area contributed by atoms with Gasteiger partial charge in [-0.3, -0.25) is 4.79 Å². The van der Waals surface area contributed by atoms with E-state index in [1.807, 2.05) is 38.1 Å². The SMILES string of the molecule is CC(C)(N)CN1CCC(=O)Nc2ccccc21. The lowest BCUT2D eigenvalue weighted by Gasteiger charge is -2.31. The molecule has 2 rings (SSSR count). The van der Waals surface area contributed by atoms with Crippen molar-refractivity contribution in [1.82, 2.24) is 0 Å². The van der Waals surface area contributed by atoms with Crippen LogP contribution in [0.2, 0.25) is 0 Å². The van der Waals surface area contributed by atoms with Gasteiger partial charge in [-0.05, 0) is 26.0 Å². The monoisotopic (exact) mass is 233 g/mol. The standard InChI is InChI=1S/C13H19N3O/c1-13(2,14)9-16-8-7-12(17)15-10-5-3-4-6-11(10)16/h3-6H,7-9,14H2,1-2H3,(H,15,17). The Balaban J connectivity index is 2.31. The Morgan fingerprint density at radius 3 is 2.82 bits per heavy atom. The molecule has 0 saturated carbocycles. The number of amides is 1. The second-order valence-corrected chi connectivity index (χ2v) is 5.23. The summed E-state index contributed by atoms with van der Waals surface area (Å²) >= 11 is 0. The minimum Gasteiger partial charge on any atom is -0.368 e. The van der Waals surface area contributed by atoms with Crippen molar-refractivity contribution < 1.29 is 4.79 Å². The van der Waals surface area contributed by atoms with E-state index in [9.17, 15) is 4.79 Å². The lowest BCUT2D eigenvalue weighted by molar-refractivity contribution is -0.115. The van der Waals surface area contributed by atoms with E-state index in [0.717, 1.165) is 17.9 Å². The molecule has 1 aliphatic rings. The molecule has 92 valence electrons. The summed E-state index contributed by atoms with van der Waals surface area (Å²) in [5.74, 6) is 0.0646. The molecule has 1 aliphatic heterocycles. The van der Waals surface area contributed by atoms with Crippen LogP contribution in [0, 0.1) is 0 Å². The Bertz CT molecular complexity index is 423. The Morgan fingerprint density at radius 2 is 2.12 bits per heavy atom. The molecule has 0 bridgehead atoms. The Morgan fingerprint density at radius 1 is 1.41 bits per heavy atom. The highest BCUT2D eigenvalue weighted by Gasteiger charge is 2.22. The number of fused-ring (bicyclic) bond motifs is 1. The normalized spacial score (nSPS) is 16.2. The molecule has 0 radical (unpaired) electrons. The van der Waals surface area contributed by atoms with Crippen LogP contribution >= 0.6 is 0 Å². The Hall–Kier alpha value is -1.55. The van der Waals surface area contributed by atoms with Crippen LogP contribution in [-0.4, -0.2) is 24.5 Å². The number of carbonyl (C=O) groups excluding carboxylic acids is 1. The molecule has 3 N–H and O–H groups in total. The van der Waals surface area contributed by atoms with Crippen LogP contribution in [0.25, 0.3) is 0 Å². The summed E-state index contributed by atoms with van der Waals surface area (Å²) in [6.45, 7) is 5.44. The van der Waals surface area contributed by atoms with Gasteiger partial charge in [0.2, 0.25) is 5.91 Å². The Labute approximate surface area is 102 Å². The zero-order chi connectivity index (χ0) is 12.5. The van der Waals surface area contributed by atoms with E-state index in [0.29, 0.717) is 13.0 Å². The second-order valence-electron chi connectivity index (χ2n) is 5.23. The fourth-order valence-electron chi connectivity index (χ4n) is 2.08. The summed E-state index contributed by atoms with van der Waals surface area (Å²) in [5, 5.41) is 2.92. The largest absolute Gasteiger partial charge is 0.368 e. The molecule has 0 aliphatic carbocycles. The van der Waals surface area contributed by atoms with Crippen molar-refractivity contribution >= 4 is 17.3 Å². The van der Waals surface area contributed by atoms with Crippen molar-refractivity contribution in [2.75, 3.05) is 23.3 Å². The van der Waals surface area contributed by atoms with Crippen LogP contribution in [0.5, 0.6) is 0 Å². The van der Waals surface area contributed by atoms with Gasteiger partial charge in [0, 0.05) is 25.0 Å². The molecule has 4 nitrogen and oxygen atoms in total. The molecular formula is C13H19N3O. The third kappa shape index (κ3) is 2.97. The number of rotatable bonds is 2. The minimum atomic E-state index is -0.277. The Kier molecular flexibility index (Phi) is 3.07. The highest BCUT2D eigenvalue weighted by molar-refractivity contribution is 5.96. The van der Waals surface area contributed by atoms with Gasteiger partial charge in [-0.25, -0.2) is 0 Å². The fourth-order valence-corrected chi connectivity index (χ4v) is 2.08. The lowest BCUT2D eigenvalue weighted by Crippen LogP contribution is -2.45. The maximum absolute atomic E-state index is 11.6. The van der Waals surface area contributed by atoms with Gasteiger partial charge in [0.15, 0.2) is 0 Å². The zero-order valence-electron chi connectivity index (χ0n) is 10.4. The number of carbonyl (C=O) groups is 1. The first-order valence-electron chi connectivity index (χ1n) is 5.88. The van der Waals surface area contributed by atoms with Crippen molar-refractivity contribution in [2.24, 2.45) is 5.73 Å². The molecular weight excluding hydrogens is 214 g/mol. The van der Waals surface area contributed by atoms with Crippen LogP contribution in [0.15, 0.2) is 24.3 Å². The molecule has 0 saturated heterocycles. The molecule has 1 heterocycles. The van der Waals surface area contributed by atoms with E-state index in [1.165, 1.54) is 0 Å². The summed E-state index contributed by atoms with van der Waals surface area (Å²) in [6.07, 6.45) is 0.505. The smallest absolute Gasteiger partial charge is 0.226 e. The van der Waals surface area contributed by atoms with Crippen LogP contribution in [0.4, 0.5) is 11.4 Å². The van der Waals surface area contributed by atoms with E-state index < -0.39 is 0 Å².